The molecule has 58 valence electrons. The molecule has 2 aromatic heterocycles. The number of pyridine rings is 1. The smallest absolute Gasteiger partial charge is 0.101 e. The molecule has 0 atom stereocenters. The molecule has 3 heteroatoms. The average Bonchev–Trinajstić information content (AvgIpc) is 2.47. The zero-order chi connectivity index (χ0) is 8.55. The number of fused-ring (bicyclic) bond motifs is 1. The van der Waals surface area contributed by atoms with E-state index in [1.165, 1.54) is 5.56 Å². The molecule has 0 unspecified atom stereocenters. The van der Waals surface area contributed by atoms with Gasteiger partial charge in [-0.2, -0.15) is 5.26 Å². The largest absolute Gasteiger partial charge is 0.254 e. The van der Waals surface area contributed by atoms with Crippen LogP contribution in [0.1, 0.15) is 11.1 Å². The van der Waals surface area contributed by atoms with E-state index in [1.807, 2.05) is 13.0 Å². The Morgan fingerprint density at radius 2 is 2.42 bits per heavy atom. The Kier molecular flexibility index (Phi) is 1.56. The fourth-order valence-electron chi connectivity index (χ4n) is 1.10. The Bertz CT molecular complexity index is 465. The molecule has 0 saturated carbocycles. The van der Waals surface area contributed by atoms with Gasteiger partial charge in [0.25, 0.3) is 0 Å². The lowest BCUT2D eigenvalue weighted by Gasteiger charge is -1.90. The summed E-state index contributed by atoms with van der Waals surface area (Å²) in [6.45, 7) is 2.03. The third-order valence-electron chi connectivity index (χ3n) is 1.72. The molecule has 0 amide bonds. The van der Waals surface area contributed by atoms with Crippen LogP contribution in [-0.4, -0.2) is 4.98 Å². The van der Waals surface area contributed by atoms with E-state index in [2.05, 4.69) is 16.4 Å². The number of aromatic nitrogens is 1. The molecule has 2 rings (SSSR count). The van der Waals surface area contributed by atoms with Crippen molar-refractivity contribution in [3.05, 3.63) is 28.8 Å². The van der Waals surface area contributed by atoms with Crippen molar-refractivity contribution in [1.82, 2.24) is 4.98 Å². The third kappa shape index (κ3) is 0.973. The van der Waals surface area contributed by atoms with E-state index in [0.717, 1.165) is 10.2 Å². The Labute approximate surface area is 74.1 Å². The predicted molar refractivity (Wildman–Crippen MR) is 49.1 cm³/mol. The fourth-order valence-corrected chi connectivity index (χ4v) is 2.04. The first-order valence-electron chi connectivity index (χ1n) is 3.55. The molecule has 0 aliphatic rings. The standard InChI is InChI=1S/C9H6N2S/c1-6-5-12-8-2-7(3-10)4-11-9(6)8/h2,4-5H,1H3. The van der Waals surface area contributed by atoms with Gasteiger partial charge < -0.3 is 0 Å². The van der Waals surface area contributed by atoms with E-state index in [9.17, 15) is 0 Å². The Hall–Kier alpha value is -1.40. The van der Waals surface area contributed by atoms with Crippen LogP contribution in [0.4, 0.5) is 0 Å². The van der Waals surface area contributed by atoms with Gasteiger partial charge in [0.15, 0.2) is 0 Å². The molecule has 0 radical (unpaired) electrons. The highest BCUT2D eigenvalue weighted by Gasteiger charge is 2.01. The molecule has 12 heavy (non-hydrogen) atoms. The van der Waals surface area contributed by atoms with Crippen LogP contribution in [0, 0.1) is 18.3 Å². The monoisotopic (exact) mass is 174 g/mol. The van der Waals surface area contributed by atoms with Crippen LogP contribution in [0.15, 0.2) is 17.6 Å². The highest BCUT2D eigenvalue weighted by atomic mass is 32.1. The highest BCUT2D eigenvalue weighted by Crippen LogP contribution is 2.23. The topological polar surface area (TPSA) is 36.7 Å². The minimum atomic E-state index is 0.629. The van der Waals surface area contributed by atoms with Gasteiger partial charge in [-0.1, -0.05) is 0 Å². The van der Waals surface area contributed by atoms with Crippen molar-refractivity contribution < 1.29 is 0 Å². The van der Waals surface area contributed by atoms with Crippen molar-refractivity contribution in [1.29, 1.82) is 5.26 Å². The summed E-state index contributed by atoms with van der Waals surface area (Å²) < 4.78 is 1.09. The maximum Gasteiger partial charge on any atom is 0.101 e. The van der Waals surface area contributed by atoms with Gasteiger partial charge in [-0.3, -0.25) is 4.98 Å². The van der Waals surface area contributed by atoms with Crippen molar-refractivity contribution in [2.75, 3.05) is 0 Å². The number of nitrogens with zero attached hydrogens (tertiary/aromatic N) is 2. The SMILES string of the molecule is Cc1csc2cc(C#N)cnc12. The van der Waals surface area contributed by atoms with Gasteiger partial charge in [0.2, 0.25) is 0 Å². The van der Waals surface area contributed by atoms with Crippen LogP contribution in [0.2, 0.25) is 0 Å². The van der Waals surface area contributed by atoms with E-state index in [4.69, 9.17) is 5.26 Å². The molecular weight excluding hydrogens is 168 g/mol. The summed E-state index contributed by atoms with van der Waals surface area (Å²) in [7, 11) is 0. The molecule has 0 aliphatic carbocycles. The summed E-state index contributed by atoms with van der Waals surface area (Å²) in [5.74, 6) is 0. The van der Waals surface area contributed by atoms with E-state index >= 15 is 0 Å². The summed E-state index contributed by atoms with van der Waals surface area (Å²) >= 11 is 1.63. The highest BCUT2D eigenvalue weighted by molar-refractivity contribution is 7.17. The van der Waals surface area contributed by atoms with E-state index in [1.54, 1.807) is 17.5 Å². The van der Waals surface area contributed by atoms with Crippen LogP contribution in [0.3, 0.4) is 0 Å². The van der Waals surface area contributed by atoms with Crippen molar-refractivity contribution in [3.63, 3.8) is 0 Å². The van der Waals surface area contributed by atoms with E-state index < -0.39 is 0 Å². The second-order valence-electron chi connectivity index (χ2n) is 2.60. The summed E-state index contributed by atoms with van der Waals surface area (Å²) in [5, 5.41) is 10.7. The summed E-state index contributed by atoms with van der Waals surface area (Å²) in [6, 6.07) is 3.95. The maximum atomic E-state index is 8.62. The zero-order valence-electron chi connectivity index (χ0n) is 6.53. The van der Waals surface area contributed by atoms with Crippen LogP contribution in [-0.2, 0) is 0 Å². The van der Waals surface area contributed by atoms with Crippen LogP contribution in [0.5, 0.6) is 0 Å². The van der Waals surface area contributed by atoms with Gasteiger partial charge in [0.05, 0.1) is 15.8 Å². The number of thiophene rings is 1. The molecule has 0 bridgehead atoms. The Morgan fingerprint density at radius 1 is 1.58 bits per heavy atom. The van der Waals surface area contributed by atoms with Crippen LogP contribution >= 0.6 is 11.3 Å². The van der Waals surface area contributed by atoms with Gasteiger partial charge in [0, 0.05) is 6.20 Å². The van der Waals surface area contributed by atoms with Crippen LogP contribution < -0.4 is 0 Å². The molecule has 2 heterocycles. The molecule has 0 fully saturated rings. The predicted octanol–water partition coefficient (Wildman–Crippen LogP) is 2.48. The van der Waals surface area contributed by atoms with Gasteiger partial charge in [-0.25, -0.2) is 0 Å². The Morgan fingerprint density at radius 3 is 3.17 bits per heavy atom. The lowest BCUT2D eigenvalue weighted by atomic mass is 10.2. The molecule has 2 nitrogen and oxygen atoms in total. The van der Waals surface area contributed by atoms with Gasteiger partial charge >= 0.3 is 0 Å². The first-order chi connectivity index (χ1) is 5.81. The number of hydrogen-bond acceptors (Lipinski definition) is 3. The average molecular weight is 174 g/mol. The van der Waals surface area contributed by atoms with Crippen molar-refractivity contribution in [3.8, 4) is 6.07 Å². The zero-order valence-corrected chi connectivity index (χ0v) is 7.35. The number of aryl methyl sites for hydroxylation is 1. The Balaban J connectivity index is 2.80. The van der Waals surface area contributed by atoms with Crippen LogP contribution in [0.25, 0.3) is 10.2 Å². The summed E-state index contributed by atoms with van der Waals surface area (Å²) in [6.07, 6.45) is 1.61. The summed E-state index contributed by atoms with van der Waals surface area (Å²) in [5.41, 5.74) is 2.82. The minimum Gasteiger partial charge on any atom is -0.254 e. The van der Waals surface area contributed by atoms with E-state index in [0.29, 0.717) is 5.56 Å². The second kappa shape index (κ2) is 2.58. The quantitative estimate of drug-likeness (QED) is 0.615. The normalized spacial score (nSPS) is 10.0. The minimum absolute atomic E-state index is 0.629. The van der Waals surface area contributed by atoms with Gasteiger partial charge in [-0.15, -0.1) is 11.3 Å². The van der Waals surface area contributed by atoms with Crippen molar-refractivity contribution in [2.45, 2.75) is 6.92 Å². The first-order valence-corrected chi connectivity index (χ1v) is 4.43. The molecule has 0 spiro atoms. The van der Waals surface area contributed by atoms with Gasteiger partial charge in [0.1, 0.15) is 6.07 Å². The van der Waals surface area contributed by atoms with Crippen molar-refractivity contribution >= 4 is 21.6 Å². The second-order valence-corrected chi connectivity index (χ2v) is 3.51. The number of rotatable bonds is 0. The lowest BCUT2D eigenvalue weighted by Crippen LogP contribution is -1.78. The third-order valence-corrected chi connectivity index (χ3v) is 2.75. The molecular formula is C9H6N2S. The summed E-state index contributed by atoms with van der Waals surface area (Å²) in [4.78, 5) is 4.20. The lowest BCUT2D eigenvalue weighted by molar-refractivity contribution is 1.36. The molecule has 0 N–H and O–H groups in total. The first kappa shape index (κ1) is 7.26. The fraction of sp³-hybridized carbons (Fsp3) is 0.111. The molecule has 2 aromatic rings. The molecule has 0 aromatic carbocycles. The number of hydrogen-bond donors (Lipinski definition) is 0. The molecule has 0 saturated heterocycles. The van der Waals surface area contributed by atoms with Crippen molar-refractivity contribution in [2.24, 2.45) is 0 Å². The number of nitriles is 1. The van der Waals surface area contributed by atoms with Gasteiger partial charge in [-0.05, 0) is 23.9 Å². The van der Waals surface area contributed by atoms with E-state index in [-0.39, 0.29) is 0 Å². The maximum absolute atomic E-state index is 8.62. The molecule has 0 aliphatic heterocycles.